The van der Waals surface area contributed by atoms with Crippen LogP contribution in [-0.2, 0) is 23.5 Å². The van der Waals surface area contributed by atoms with E-state index in [0.717, 1.165) is 27.9 Å². The molecule has 1 unspecified atom stereocenters. The maximum Gasteiger partial charge on any atom is 0.257 e. The van der Waals surface area contributed by atoms with Gasteiger partial charge in [-0.2, -0.15) is 0 Å². The summed E-state index contributed by atoms with van der Waals surface area (Å²) >= 11 is 0. The van der Waals surface area contributed by atoms with Crippen LogP contribution in [0.5, 0.6) is 5.75 Å². The summed E-state index contributed by atoms with van der Waals surface area (Å²) in [5.41, 5.74) is 3.03. The molecule has 27 heavy (non-hydrogen) atoms. The van der Waals surface area contributed by atoms with Crippen molar-refractivity contribution in [3.05, 3.63) is 57.4 Å². The van der Waals surface area contributed by atoms with E-state index in [1.54, 1.807) is 22.8 Å². The lowest BCUT2D eigenvalue weighted by molar-refractivity contribution is -0.129. The van der Waals surface area contributed by atoms with E-state index >= 15 is 0 Å². The molecule has 2 aliphatic heterocycles. The Balaban J connectivity index is 1.78. The Kier molecular flexibility index (Phi) is 3.30. The van der Waals surface area contributed by atoms with Crippen molar-refractivity contribution < 1.29 is 14.9 Å². The van der Waals surface area contributed by atoms with Crippen molar-refractivity contribution in [1.29, 1.82) is 0 Å². The molecule has 0 fully saturated rings. The lowest BCUT2D eigenvalue weighted by atomic mass is 9.82. The summed E-state index contributed by atoms with van der Waals surface area (Å²) in [4.78, 5) is 17.9. The van der Waals surface area contributed by atoms with Crippen LogP contribution in [0.15, 0.2) is 35.1 Å². The number of phenols is 1. The average Bonchev–Trinajstić information content (AvgIpc) is 3.01. The van der Waals surface area contributed by atoms with Crippen LogP contribution >= 0.6 is 0 Å². The molecule has 5 rings (SSSR count). The summed E-state index contributed by atoms with van der Waals surface area (Å²) in [5, 5.41) is 21.7. The number of nitrogens with zero attached hydrogens (tertiary/aromatic N) is 2. The molecule has 0 saturated heterocycles. The zero-order valence-electron chi connectivity index (χ0n) is 15.2. The Hall–Kier alpha value is -2.70. The fraction of sp³-hybridized carbons (Fsp3) is 0.333. The smallest absolute Gasteiger partial charge is 0.257 e. The molecule has 4 heterocycles. The minimum absolute atomic E-state index is 0.133. The summed E-state index contributed by atoms with van der Waals surface area (Å²) in [6, 6.07) is 8.91. The first-order valence-electron chi connectivity index (χ1n) is 9.16. The highest BCUT2D eigenvalue weighted by molar-refractivity contribution is 5.85. The maximum atomic E-state index is 13.1. The zero-order valence-corrected chi connectivity index (χ0v) is 15.2. The van der Waals surface area contributed by atoms with Gasteiger partial charge in [-0.1, -0.05) is 6.92 Å². The summed E-state index contributed by atoms with van der Waals surface area (Å²) in [5.74, 6) is 0.187. The van der Waals surface area contributed by atoms with E-state index in [1.807, 2.05) is 26.0 Å². The van der Waals surface area contributed by atoms with E-state index < -0.39 is 5.60 Å². The monoisotopic (exact) mass is 364 g/mol. The Morgan fingerprint density at radius 1 is 1.33 bits per heavy atom. The molecule has 2 aromatic heterocycles. The van der Waals surface area contributed by atoms with Crippen molar-refractivity contribution in [2.75, 3.05) is 0 Å². The Labute approximate surface area is 155 Å². The quantitative estimate of drug-likeness (QED) is 0.542. The van der Waals surface area contributed by atoms with E-state index in [9.17, 15) is 15.0 Å². The highest BCUT2D eigenvalue weighted by Crippen LogP contribution is 2.40. The van der Waals surface area contributed by atoms with Crippen molar-refractivity contribution in [2.45, 2.75) is 45.1 Å². The molecule has 0 bridgehead atoms. The van der Waals surface area contributed by atoms with Gasteiger partial charge in [0, 0.05) is 16.5 Å². The van der Waals surface area contributed by atoms with Crippen LogP contribution in [0.2, 0.25) is 0 Å². The number of hydrogen-bond acceptors (Lipinski definition) is 5. The molecular weight excluding hydrogens is 344 g/mol. The molecule has 2 aliphatic rings. The fourth-order valence-electron chi connectivity index (χ4n) is 4.33. The zero-order chi connectivity index (χ0) is 18.9. The highest BCUT2D eigenvalue weighted by Gasteiger charge is 2.42. The number of benzene rings is 1. The molecule has 2 atom stereocenters. The molecule has 6 heteroatoms. The van der Waals surface area contributed by atoms with Crippen LogP contribution in [0.3, 0.4) is 0 Å². The summed E-state index contributed by atoms with van der Waals surface area (Å²) < 4.78 is 7.40. The van der Waals surface area contributed by atoms with E-state index in [4.69, 9.17) is 9.72 Å². The minimum Gasteiger partial charge on any atom is -0.508 e. The van der Waals surface area contributed by atoms with Crippen LogP contribution in [0, 0.1) is 0 Å². The number of fused-ring (bicyclic) bond motifs is 5. The second kappa shape index (κ2) is 5.41. The van der Waals surface area contributed by atoms with Crippen molar-refractivity contribution in [3.8, 4) is 17.1 Å². The van der Waals surface area contributed by atoms with Crippen LogP contribution in [0.4, 0.5) is 0 Å². The summed E-state index contributed by atoms with van der Waals surface area (Å²) in [6.45, 7) is 4.36. The van der Waals surface area contributed by atoms with E-state index in [1.165, 1.54) is 0 Å². The van der Waals surface area contributed by atoms with E-state index in [-0.39, 0.29) is 24.0 Å². The molecule has 0 aliphatic carbocycles. The van der Waals surface area contributed by atoms with Gasteiger partial charge in [-0.05, 0) is 49.2 Å². The first kappa shape index (κ1) is 16.5. The Bertz CT molecular complexity index is 1170. The normalized spacial score (nSPS) is 23.1. The number of rotatable bonds is 1. The van der Waals surface area contributed by atoms with Gasteiger partial charge in [-0.15, -0.1) is 0 Å². The van der Waals surface area contributed by atoms with Crippen LogP contribution < -0.4 is 5.56 Å². The summed E-state index contributed by atoms with van der Waals surface area (Å²) in [7, 11) is 0. The van der Waals surface area contributed by atoms with Gasteiger partial charge in [0.2, 0.25) is 0 Å². The number of pyridine rings is 2. The van der Waals surface area contributed by atoms with Crippen LogP contribution in [0.25, 0.3) is 22.3 Å². The van der Waals surface area contributed by atoms with Gasteiger partial charge >= 0.3 is 0 Å². The van der Waals surface area contributed by atoms with E-state index in [2.05, 4.69) is 0 Å². The van der Waals surface area contributed by atoms with Crippen LogP contribution in [0.1, 0.15) is 37.0 Å². The van der Waals surface area contributed by atoms with Gasteiger partial charge in [-0.25, -0.2) is 4.98 Å². The van der Waals surface area contributed by atoms with Gasteiger partial charge in [-0.3, -0.25) is 4.79 Å². The molecule has 6 nitrogen and oxygen atoms in total. The fourth-order valence-corrected chi connectivity index (χ4v) is 4.33. The third kappa shape index (κ3) is 2.14. The molecule has 0 amide bonds. The molecule has 3 aromatic rings. The van der Waals surface area contributed by atoms with Gasteiger partial charge in [0.1, 0.15) is 11.4 Å². The van der Waals surface area contributed by atoms with Gasteiger partial charge < -0.3 is 19.5 Å². The molecule has 0 radical (unpaired) electrons. The van der Waals surface area contributed by atoms with Gasteiger partial charge in [0.05, 0.1) is 36.2 Å². The molecule has 2 N–H and O–H groups in total. The number of aromatic hydroxyl groups is 1. The van der Waals surface area contributed by atoms with Crippen LogP contribution in [-0.4, -0.2) is 25.9 Å². The third-order valence-corrected chi connectivity index (χ3v) is 6.00. The molecule has 0 spiro atoms. The highest BCUT2D eigenvalue weighted by atomic mass is 16.5. The first-order chi connectivity index (χ1) is 12.9. The van der Waals surface area contributed by atoms with E-state index in [0.29, 0.717) is 24.1 Å². The second-order valence-electron chi connectivity index (χ2n) is 7.42. The Morgan fingerprint density at radius 3 is 2.93 bits per heavy atom. The minimum atomic E-state index is -1.19. The van der Waals surface area contributed by atoms with Crippen molar-refractivity contribution in [3.63, 3.8) is 0 Å². The standard InChI is InChI=1S/C21H20N2O4/c1-3-21(26)11(2)27-10-15-16(21)8-18-19-13(9-23(18)20(15)25)6-12-7-14(24)4-5-17(12)22-19/h4-8,11,24,26H,3,9-10H2,1-2H3/t11?,21-/m1/s1. The maximum absolute atomic E-state index is 13.1. The second-order valence-corrected chi connectivity index (χ2v) is 7.42. The van der Waals surface area contributed by atoms with Gasteiger partial charge in [0.25, 0.3) is 5.56 Å². The Morgan fingerprint density at radius 2 is 2.15 bits per heavy atom. The number of aliphatic hydroxyl groups is 1. The molecule has 0 saturated carbocycles. The molecule has 1 aromatic carbocycles. The number of ether oxygens (including phenoxy) is 1. The SMILES string of the molecule is CC[C@]1(O)c2cc3n(c(=O)c2COC1C)Cc1cc2cc(O)ccc2nc1-3. The topological polar surface area (TPSA) is 84.6 Å². The average molecular weight is 364 g/mol. The number of hydrogen-bond donors (Lipinski definition) is 2. The van der Waals surface area contributed by atoms with Gasteiger partial charge in [0.15, 0.2) is 0 Å². The third-order valence-electron chi connectivity index (χ3n) is 6.00. The first-order valence-corrected chi connectivity index (χ1v) is 9.16. The number of aromatic nitrogens is 2. The van der Waals surface area contributed by atoms with Crippen molar-refractivity contribution in [2.24, 2.45) is 0 Å². The molecule has 138 valence electrons. The van der Waals surface area contributed by atoms with Crippen molar-refractivity contribution >= 4 is 10.9 Å². The molecular formula is C21H20N2O4. The largest absolute Gasteiger partial charge is 0.508 e. The van der Waals surface area contributed by atoms with Crippen molar-refractivity contribution in [1.82, 2.24) is 9.55 Å². The predicted octanol–water partition coefficient (Wildman–Crippen LogP) is 2.65. The predicted molar refractivity (Wildman–Crippen MR) is 101 cm³/mol. The number of phenolic OH excluding ortho intramolecular Hbond substituents is 1. The lowest BCUT2D eigenvalue weighted by Crippen LogP contribution is -2.45. The summed E-state index contributed by atoms with van der Waals surface area (Å²) in [6.07, 6.45) is 0.0762. The lowest BCUT2D eigenvalue weighted by Gasteiger charge is -2.39.